The Kier molecular flexibility index (Phi) is 2.54. The second-order valence-electron chi connectivity index (χ2n) is 4.35. The molecule has 0 radical (unpaired) electrons. The van der Waals surface area contributed by atoms with Gasteiger partial charge in [-0.2, -0.15) is 0 Å². The molecule has 1 aliphatic carbocycles. The first-order valence-electron chi connectivity index (χ1n) is 5.35. The van der Waals surface area contributed by atoms with Crippen LogP contribution in [0.3, 0.4) is 0 Å². The van der Waals surface area contributed by atoms with E-state index in [1.807, 2.05) is 0 Å². The Morgan fingerprint density at radius 2 is 2.00 bits per heavy atom. The van der Waals surface area contributed by atoms with Crippen LogP contribution in [0, 0.1) is 5.92 Å². The molecule has 0 saturated heterocycles. The second-order valence-corrected chi connectivity index (χ2v) is 4.35. The van der Waals surface area contributed by atoms with E-state index in [0.717, 1.165) is 24.0 Å². The lowest BCUT2D eigenvalue weighted by Crippen LogP contribution is -2.13. The van der Waals surface area contributed by atoms with Crippen LogP contribution in [0.5, 0.6) is 0 Å². The normalized spacial score (nSPS) is 16.6. The molecule has 14 heavy (non-hydrogen) atoms. The smallest absolute Gasteiger partial charge is 0.147 e. The van der Waals surface area contributed by atoms with E-state index in [1.165, 1.54) is 12.8 Å². The zero-order valence-electron chi connectivity index (χ0n) is 8.90. The van der Waals surface area contributed by atoms with Crippen LogP contribution in [0.2, 0.25) is 0 Å². The summed E-state index contributed by atoms with van der Waals surface area (Å²) in [5.74, 6) is 2.88. The van der Waals surface area contributed by atoms with Crippen molar-refractivity contribution in [2.75, 3.05) is 0 Å². The molecule has 0 spiro atoms. The molecule has 2 rings (SSSR count). The van der Waals surface area contributed by atoms with E-state index in [9.17, 15) is 0 Å². The maximum absolute atomic E-state index is 5.62. The van der Waals surface area contributed by atoms with Crippen LogP contribution in [0.1, 0.15) is 44.4 Å². The van der Waals surface area contributed by atoms with Gasteiger partial charge in [0.2, 0.25) is 0 Å². The average molecular weight is 194 g/mol. The molecular formula is C10H18N4. The molecular weight excluding hydrogens is 176 g/mol. The average Bonchev–Trinajstić information content (AvgIpc) is 2.83. The zero-order chi connectivity index (χ0) is 10.1. The summed E-state index contributed by atoms with van der Waals surface area (Å²) in [4.78, 5) is 0. The third-order valence-electron chi connectivity index (χ3n) is 2.70. The van der Waals surface area contributed by atoms with E-state index < -0.39 is 0 Å². The molecule has 4 heteroatoms. The van der Waals surface area contributed by atoms with E-state index in [4.69, 9.17) is 5.73 Å². The van der Waals surface area contributed by atoms with Gasteiger partial charge in [-0.25, -0.2) is 0 Å². The highest BCUT2D eigenvalue weighted by atomic mass is 15.3. The summed E-state index contributed by atoms with van der Waals surface area (Å²) in [6, 6.07) is 0.414. The van der Waals surface area contributed by atoms with E-state index >= 15 is 0 Å². The number of nitrogens with zero attached hydrogens (tertiary/aromatic N) is 3. The van der Waals surface area contributed by atoms with Crippen molar-refractivity contribution in [3.05, 3.63) is 11.6 Å². The van der Waals surface area contributed by atoms with Gasteiger partial charge in [0.25, 0.3) is 0 Å². The van der Waals surface area contributed by atoms with Crippen LogP contribution in [-0.4, -0.2) is 14.8 Å². The highest BCUT2D eigenvalue weighted by Gasteiger charge is 2.25. The van der Waals surface area contributed by atoms with Crippen LogP contribution in [0.15, 0.2) is 0 Å². The van der Waals surface area contributed by atoms with Crippen molar-refractivity contribution in [3.8, 4) is 0 Å². The summed E-state index contributed by atoms with van der Waals surface area (Å²) in [6.07, 6.45) is 3.77. The molecule has 1 aromatic rings. The molecule has 78 valence electrons. The number of rotatable bonds is 4. The monoisotopic (exact) mass is 194 g/mol. The quantitative estimate of drug-likeness (QED) is 0.785. The fraction of sp³-hybridized carbons (Fsp3) is 0.800. The number of aromatic nitrogens is 3. The van der Waals surface area contributed by atoms with Gasteiger partial charge >= 0.3 is 0 Å². The molecule has 2 N–H and O–H groups in total. The standard InChI is InChI=1S/C10H18N4/c1-7(2)14-9(5-8-3-4-8)12-13-10(14)6-11/h7-8H,3-6,11H2,1-2H3. The summed E-state index contributed by atoms with van der Waals surface area (Å²) in [5.41, 5.74) is 5.62. The fourth-order valence-corrected chi connectivity index (χ4v) is 1.82. The van der Waals surface area contributed by atoms with Crippen molar-refractivity contribution >= 4 is 0 Å². The number of hydrogen-bond acceptors (Lipinski definition) is 3. The van der Waals surface area contributed by atoms with Gasteiger partial charge in [0.1, 0.15) is 11.6 Å². The third kappa shape index (κ3) is 1.80. The first-order valence-corrected chi connectivity index (χ1v) is 5.35. The molecule has 4 nitrogen and oxygen atoms in total. The molecule has 0 amide bonds. The highest BCUT2D eigenvalue weighted by molar-refractivity contribution is 5.00. The van der Waals surface area contributed by atoms with Crippen molar-refractivity contribution in [1.82, 2.24) is 14.8 Å². The lowest BCUT2D eigenvalue weighted by molar-refractivity contribution is 0.535. The summed E-state index contributed by atoms with van der Waals surface area (Å²) in [5, 5.41) is 8.35. The van der Waals surface area contributed by atoms with Gasteiger partial charge in [-0.1, -0.05) is 0 Å². The number of nitrogens with two attached hydrogens (primary N) is 1. The molecule has 1 heterocycles. The van der Waals surface area contributed by atoms with Gasteiger partial charge in [-0.3, -0.25) is 0 Å². The Morgan fingerprint density at radius 3 is 2.50 bits per heavy atom. The van der Waals surface area contributed by atoms with Crippen LogP contribution < -0.4 is 5.73 Å². The van der Waals surface area contributed by atoms with Gasteiger partial charge < -0.3 is 10.3 Å². The molecule has 0 unspecified atom stereocenters. The Hall–Kier alpha value is -0.900. The maximum atomic E-state index is 5.62. The summed E-state index contributed by atoms with van der Waals surface area (Å²) in [6.45, 7) is 4.79. The van der Waals surface area contributed by atoms with Crippen molar-refractivity contribution in [2.24, 2.45) is 11.7 Å². The van der Waals surface area contributed by atoms with Crippen LogP contribution >= 0.6 is 0 Å². The molecule has 1 fully saturated rings. The predicted molar refractivity (Wildman–Crippen MR) is 54.7 cm³/mol. The first-order chi connectivity index (χ1) is 6.72. The third-order valence-corrected chi connectivity index (χ3v) is 2.70. The topological polar surface area (TPSA) is 56.7 Å². The minimum Gasteiger partial charge on any atom is -0.324 e. The molecule has 1 aromatic heterocycles. The van der Waals surface area contributed by atoms with Gasteiger partial charge in [0, 0.05) is 12.5 Å². The minimum atomic E-state index is 0.414. The molecule has 0 aromatic carbocycles. The maximum Gasteiger partial charge on any atom is 0.147 e. The molecule has 1 aliphatic rings. The highest BCUT2D eigenvalue weighted by Crippen LogP contribution is 2.32. The Labute approximate surface area is 84.5 Å². The van der Waals surface area contributed by atoms with E-state index in [1.54, 1.807) is 0 Å². The van der Waals surface area contributed by atoms with Crippen LogP contribution in [0.25, 0.3) is 0 Å². The zero-order valence-corrected chi connectivity index (χ0v) is 8.90. The van der Waals surface area contributed by atoms with Gasteiger partial charge in [0.15, 0.2) is 0 Å². The SMILES string of the molecule is CC(C)n1c(CN)nnc1CC1CC1. The van der Waals surface area contributed by atoms with E-state index in [-0.39, 0.29) is 0 Å². The van der Waals surface area contributed by atoms with Crippen LogP contribution in [-0.2, 0) is 13.0 Å². The van der Waals surface area contributed by atoms with Crippen molar-refractivity contribution in [2.45, 2.75) is 45.7 Å². The lowest BCUT2D eigenvalue weighted by atomic mass is 10.2. The van der Waals surface area contributed by atoms with Crippen molar-refractivity contribution in [1.29, 1.82) is 0 Å². The fourth-order valence-electron chi connectivity index (χ4n) is 1.82. The lowest BCUT2D eigenvalue weighted by Gasteiger charge is -2.12. The van der Waals surface area contributed by atoms with Gasteiger partial charge in [-0.05, 0) is 32.6 Å². The Balaban J connectivity index is 2.23. The van der Waals surface area contributed by atoms with Gasteiger partial charge in [-0.15, -0.1) is 10.2 Å². The largest absolute Gasteiger partial charge is 0.324 e. The minimum absolute atomic E-state index is 0.414. The summed E-state index contributed by atoms with van der Waals surface area (Å²) in [7, 11) is 0. The van der Waals surface area contributed by atoms with E-state index in [0.29, 0.717) is 12.6 Å². The predicted octanol–water partition coefficient (Wildman–Crippen LogP) is 1.27. The van der Waals surface area contributed by atoms with Crippen molar-refractivity contribution in [3.63, 3.8) is 0 Å². The summed E-state index contributed by atoms with van der Waals surface area (Å²) >= 11 is 0. The van der Waals surface area contributed by atoms with Crippen molar-refractivity contribution < 1.29 is 0 Å². The van der Waals surface area contributed by atoms with Gasteiger partial charge in [0.05, 0.1) is 6.54 Å². The molecule has 0 bridgehead atoms. The van der Waals surface area contributed by atoms with Crippen LogP contribution in [0.4, 0.5) is 0 Å². The number of hydrogen-bond donors (Lipinski definition) is 1. The Bertz CT molecular complexity index is 312. The molecule has 0 atom stereocenters. The molecule has 0 aliphatic heterocycles. The second kappa shape index (κ2) is 3.69. The summed E-state index contributed by atoms with van der Waals surface area (Å²) < 4.78 is 2.18. The first kappa shape index (κ1) is 9.65. The van der Waals surface area contributed by atoms with E-state index in [2.05, 4.69) is 28.6 Å². The Morgan fingerprint density at radius 1 is 1.36 bits per heavy atom. The molecule has 1 saturated carbocycles.